The van der Waals surface area contributed by atoms with E-state index in [0.29, 0.717) is 6.54 Å². The summed E-state index contributed by atoms with van der Waals surface area (Å²) in [6, 6.07) is 3.94. The van der Waals surface area contributed by atoms with Crippen molar-refractivity contribution < 1.29 is 13.5 Å². The van der Waals surface area contributed by atoms with Crippen molar-refractivity contribution in [1.82, 2.24) is 10.2 Å². The first kappa shape index (κ1) is 13.4. The third-order valence-corrected chi connectivity index (χ3v) is 3.07. The van der Waals surface area contributed by atoms with E-state index in [1.807, 2.05) is 0 Å². The minimum atomic E-state index is -0.492. The van der Waals surface area contributed by atoms with E-state index in [4.69, 9.17) is 4.74 Å². The van der Waals surface area contributed by atoms with Crippen molar-refractivity contribution in [3.8, 4) is 0 Å². The van der Waals surface area contributed by atoms with Crippen LogP contribution >= 0.6 is 0 Å². The van der Waals surface area contributed by atoms with Gasteiger partial charge in [0, 0.05) is 38.3 Å². The quantitative estimate of drug-likeness (QED) is 0.806. The number of ether oxygens (including phenoxy) is 1. The summed E-state index contributed by atoms with van der Waals surface area (Å²) in [5.74, 6) is -0.984. The Morgan fingerprint density at radius 1 is 1.17 bits per heavy atom. The second-order valence-electron chi connectivity index (χ2n) is 4.33. The Balaban J connectivity index is 1.71. The first-order valence-corrected chi connectivity index (χ1v) is 6.21. The molecule has 0 amide bonds. The molecular weight excluding hydrogens is 238 g/mol. The van der Waals surface area contributed by atoms with Gasteiger partial charge in [0.2, 0.25) is 0 Å². The monoisotopic (exact) mass is 256 g/mol. The number of morpholine rings is 1. The van der Waals surface area contributed by atoms with Crippen LogP contribution in [0.25, 0.3) is 0 Å². The third kappa shape index (κ3) is 3.73. The predicted molar refractivity (Wildman–Crippen MR) is 65.3 cm³/mol. The lowest BCUT2D eigenvalue weighted by molar-refractivity contribution is 0.0384. The Labute approximate surface area is 106 Å². The SMILES string of the molecule is Fc1cccc(F)c1CNCCN1CCOCC1. The van der Waals surface area contributed by atoms with Crippen LogP contribution in [0.2, 0.25) is 0 Å². The van der Waals surface area contributed by atoms with Gasteiger partial charge in [-0.25, -0.2) is 8.78 Å². The van der Waals surface area contributed by atoms with E-state index in [2.05, 4.69) is 10.2 Å². The van der Waals surface area contributed by atoms with Crippen molar-refractivity contribution >= 4 is 0 Å². The molecule has 0 aromatic heterocycles. The third-order valence-electron chi connectivity index (χ3n) is 3.07. The average Bonchev–Trinajstić information content (AvgIpc) is 2.38. The Morgan fingerprint density at radius 2 is 1.83 bits per heavy atom. The van der Waals surface area contributed by atoms with Crippen LogP contribution in [-0.2, 0) is 11.3 Å². The maximum Gasteiger partial charge on any atom is 0.130 e. The highest BCUT2D eigenvalue weighted by Gasteiger charge is 2.10. The number of hydrogen-bond donors (Lipinski definition) is 1. The Bertz CT molecular complexity index is 361. The second kappa shape index (κ2) is 6.78. The molecule has 1 fully saturated rings. The minimum Gasteiger partial charge on any atom is -0.379 e. The van der Waals surface area contributed by atoms with Crippen molar-refractivity contribution in [2.24, 2.45) is 0 Å². The molecule has 18 heavy (non-hydrogen) atoms. The predicted octanol–water partition coefficient (Wildman–Crippen LogP) is 1.39. The molecule has 3 nitrogen and oxygen atoms in total. The van der Waals surface area contributed by atoms with E-state index in [1.165, 1.54) is 18.2 Å². The minimum absolute atomic E-state index is 0.111. The van der Waals surface area contributed by atoms with Crippen molar-refractivity contribution in [2.75, 3.05) is 39.4 Å². The summed E-state index contributed by atoms with van der Waals surface area (Å²) in [6.07, 6.45) is 0. The molecule has 1 aliphatic heterocycles. The summed E-state index contributed by atoms with van der Waals surface area (Å²) in [6.45, 7) is 5.20. The number of halogens is 2. The zero-order valence-corrected chi connectivity index (χ0v) is 10.3. The molecule has 1 saturated heterocycles. The number of benzene rings is 1. The van der Waals surface area contributed by atoms with Crippen molar-refractivity contribution in [1.29, 1.82) is 0 Å². The van der Waals surface area contributed by atoms with Gasteiger partial charge in [-0.2, -0.15) is 0 Å². The Kier molecular flexibility index (Phi) is 5.04. The van der Waals surface area contributed by atoms with Crippen LogP contribution in [0.3, 0.4) is 0 Å². The van der Waals surface area contributed by atoms with E-state index >= 15 is 0 Å². The van der Waals surface area contributed by atoms with Gasteiger partial charge in [-0.3, -0.25) is 4.90 Å². The van der Waals surface area contributed by atoms with Gasteiger partial charge in [0.1, 0.15) is 11.6 Å². The van der Waals surface area contributed by atoms with Crippen LogP contribution in [-0.4, -0.2) is 44.3 Å². The molecule has 0 unspecified atom stereocenters. The van der Waals surface area contributed by atoms with Crippen LogP contribution in [0.5, 0.6) is 0 Å². The molecule has 0 saturated carbocycles. The summed E-state index contributed by atoms with van der Waals surface area (Å²) in [7, 11) is 0. The molecule has 0 bridgehead atoms. The van der Waals surface area contributed by atoms with Gasteiger partial charge in [0.05, 0.1) is 13.2 Å². The summed E-state index contributed by atoms with van der Waals surface area (Å²) >= 11 is 0. The molecule has 1 aromatic rings. The smallest absolute Gasteiger partial charge is 0.130 e. The summed E-state index contributed by atoms with van der Waals surface area (Å²) in [5, 5.41) is 3.07. The van der Waals surface area contributed by atoms with Crippen molar-refractivity contribution in [3.63, 3.8) is 0 Å². The van der Waals surface area contributed by atoms with Crippen LogP contribution in [0, 0.1) is 11.6 Å². The van der Waals surface area contributed by atoms with Gasteiger partial charge in [0.15, 0.2) is 0 Å². The standard InChI is InChI=1S/C13H18F2N2O/c14-12-2-1-3-13(15)11(12)10-16-4-5-17-6-8-18-9-7-17/h1-3,16H,4-10H2. The van der Waals surface area contributed by atoms with Crippen molar-refractivity contribution in [2.45, 2.75) is 6.54 Å². The van der Waals surface area contributed by atoms with Crippen LogP contribution in [0.4, 0.5) is 8.78 Å². The van der Waals surface area contributed by atoms with Gasteiger partial charge < -0.3 is 10.1 Å². The summed E-state index contributed by atoms with van der Waals surface area (Å²) in [5.41, 5.74) is 0.111. The van der Waals surface area contributed by atoms with Crippen LogP contribution in [0.15, 0.2) is 18.2 Å². The average molecular weight is 256 g/mol. The molecule has 1 N–H and O–H groups in total. The van der Waals surface area contributed by atoms with Gasteiger partial charge in [-0.1, -0.05) is 6.07 Å². The fourth-order valence-corrected chi connectivity index (χ4v) is 1.98. The molecule has 0 aliphatic carbocycles. The largest absolute Gasteiger partial charge is 0.379 e. The van der Waals surface area contributed by atoms with Gasteiger partial charge in [0.25, 0.3) is 0 Å². The fraction of sp³-hybridized carbons (Fsp3) is 0.538. The highest BCUT2D eigenvalue weighted by atomic mass is 19.1. The second-order valence-corrected chi connectivity index (χ2v) is 4.33. The van der Waals surface area contributed by atoms with Gasteiger partial charge >= 0.3 is 0 Å². The molecule has 2 rings (SSSR count). The van der Waals surface area contributed by atoms with E-state index in [9.17, 15) is 8.78 Å². The highest BCUT2D eigenvalue weighted by molar-refractivity contribution is 5.19. The first-order valence-electron chi connectivity index (χ1n) is 6.21. The van der Waals surface area contributed by atoms with E-state index < -0.39 is 11.6 Å². The van der Waals surface area contributed by atoms with Crippen LogP contribution in [0.1, 0.15) is 5.56 Å². The highest BCUT2D eigenvalue weighted by Crippen LogP contribution is 2.11. The summed E-state index contributed by atoms with van der Waals surface area (Å²) in [4.78, 5) is 2.27. The fourth-order valence-electron chi connectivity index (χ4n) is 1.98. The lowest BCUT2D eigenvalue weighted by atomic mass is 10.2. The molecule has 0 radical (unpaired) electrons. The number of rotatable bonds is 5. The molecular formula is C13H18F2N2O. The van der Waals surface area contributed by atoms with Crippen molar-refractivity contribution in [3.05, 3.63) is 35.4 Å². The molecule has 1 heterocycles. The maximum atomic E-state index is 13.3. The van der Waals surface area contributed by atoms with Gasteiger partial charge in [-0.05, 0) is 12.1 Å². The van der Waals surface area contributed by atoms with E-state index in [1.54, 1.807) is 0 Å². The molecule has 0 spiro atoms. The zero-order chi connectivity index (χ0) is 12.8. The first-order chi connectivity index (χ1) is 8.77. The lowest BCUT2D eigenvalue weighted by Crippen LogP contribution is -2.40. The number of hydrogen-bond acceptors (Lipinski definition) is 3. The molecule has 1 aromatic carbocycles. The normalized spacial score (nSPS) is 17.0. The molecule has 100 valence electrons. The maximum absolute atomic E-state index is 13.3. The number of nitrogens with zero attached hydrogens (tertiary/aromatic N) is 1. The lowest BCUT2D eigenvalue weighted by Gasteiger charge is -2.26. The van der Waals surface area contributed by atoms with Gasteiger partial charge in [-0.15, -0.1) is 0 Å². The molecule has 0 atom stereocenters. The van der Waals surface area contributed by atoms with E-state index in [0.717, 1.165) is 32.8 Å². The summed E-state index contributed by atoms with van der Waals surface area (Å²) < 4.78 is 31.9. The Morgan fingerprint density at radius 3 is 2.50 bits per heavy atom. The topological polar surface area (TPSA) is 24.5 Å². The van der Waals surface area contributed by atoms with Crippen LogP contribution < -0.4 is 5.32 Å². The molecule has 1 aliphatic rings. The number of nitrogens with one attached hydrogen (secondary N) is 1. The Hall–Kier alpha value is -1.04. The van der Waals surface area contributed by atoms with E-state index in [-0.39, 0.29) is 12.1 Å². The molecule has 5 heteroatoms. The zero-order valence-electron chi connectivity index (χ0n) is 10.3.